The number of hydrogen-bond donors (Lipinski definition) is 2. The summed E-state index contributed by atoms with van der Waals surface area (Å²) >= 11 is 0. The molecular formula is C17H16FN3O3. The molecule has 2 N–H and O–H groups in total. The van der Waals surface area contributed by atoms with Crippen LogP contribution in [0.25, 0.3) is 0 Å². The maximum atomic E-state index is 13.2. The number of rotatable bonds is 4. The van der Waals surface area contributed by atoms with E-state index >= 15 is 0 Å². The molecular weight excluding hydrogens is 313 g/mol. The van der Waals surface area contributed by atoms with Crippen molar-refractivity contribution in [2.75, 3.05) is 5.32 Å². The lowest BCUT2D eigenvalue weighted by atomic mass is 10.1. The van der Waals surface area contributed by atoms with Gasteiger partial charge in [0.2, 0.25) is 0 Å². The van der Waals surface area contributed by atoms with E-state index in [4.69, 9.17) is 0 Å². The molecule has 1 saturated carbocycles. The molecule has 24 heavy (non-hydrogen) atoms. The summed E-state index contributed by atoms with van der Waals surface area (Å²) in [6.45, 7) is 1.58. The zero-order valence-corrected chi connectivity index (χ0v) is 13.0. The molecule has 2 atom stereocenters. The van der Waals surface area contributed by atoms with Crippen molar-refractivity contribution in [1.29, 1.82) is 0 Å². The van der Waals surface area contributed by atoms with Crippen LogP contribution in [-0.2, 0) is 0 Å². The van der Waals surface area contributed by atoms with Crippen molar-refractivity contribution in [2.45, 2.75) is 25.3 Å². The Bertz CT molecular complexity index is 809. The summed E-state index contributed by atoms with van der Waals surface area (Å²) in [5.74, 6) is -0.201. The van der Waals surface area contributed by atoms with E-state index < -0.39 is 11.0 Å². The van der Waals surface area contributed by atoms with E-state index in [9.17, 15) is 19.3 Å². The summed E-state index contributed by atoms with van der Waals surface area (Å²) in [5.41, 5.74) is 1.60. The fourth-order valence-electron chi connectivity index (χ4n) is 2.74. The van der Waals surface area contributed by atoms with Crippen LogP contribution < -0.4 is 10.6 Å². The number of amides is 2. The zero-order chi connectivity index (χ0) is 17.3. The van der Waals surface area contributed by atoms with Crippen LogP contribution in [0.3, 0.4) is 0 Å². The molecule has 7 heteroatoms. The summed E-state index contributed by atoms with van der Waals surface area (Å²) in [4.78, 5) is 22.5. The minimum atomic E-state index is -0.487. The van der Waals surface area contributed by atoms with Crippen LogP contribution in [0.5, 0.6) is 0 Å². The van der Waals surface area contributed by atoms with Crippen LogP contribution >= 0.6 is 0 Å². The monoisotopic (exact) mass is 329 g/mol. The van der Waals surface area contributed by atoms with Gasteiger partial charge in [0.05, 0.1) is 16.2 Å². The number of hydrogen-bond acceptors (Lipinski definition) is 3. The molecule has 1 aliphatic carbocycles. The third-order valence-electron chi connectivity index (χ3n) is 4.13. The van der Waals surface area contributed by atoms with E-state index in [1.165, 1.54) is 24.3 Å². The minimum absolute atomic E-state index is 0.0446. The number of carbonyl (C=O) groups is 1. The van der Waals surface area contributed by atoms with E-state index in [-0.39, 0.29) is 23.5 Å². The van der Waals surface area contributed by atoms with E-state index in [1.54, 1.807) is 19.1 Å². The van der Waals surface area contributed by atoms with Gasteiger partial charge in [0.1, 0.15) is 5.82 Å². The second kappa shape index (κ2) is 6.27. The number of carbonyl (C=O) groups excluding carboxylic acids is 1. The maximum absolute atomic E-state index is 13.2. The Balaban J connectivity index is 1.62. The molecule has 2 aromatic carbocycles. The molecule has 1 aliphatic rings. The number of nitro groups is 1. The summed E-state index contributed by atoms with van der Waals surface area (Å²) < 4.78 is 13.2. The van der Waals surface area contributed by atoms with Gasteiger partial charge in [0.25, 0.3) is 5.69 Å². The largest absolute Gasteiger partial charge is 0.334 e. The first kappa shape index (κ1) is 15.9. The highest BCUT2D eigenvalue weighted by molar-refractivity contribution is 5.91. The molecule has 2 amide bonds. The van der Waals surface area contributed by atoms with E-state index in [0.29, 0.717) is 11.3 Å². The molecule has 1 fully saturated rings. The number of nitrogens with one attached hydrogen (secondary N) is 2. The molecule has 0 saturated heterocycles. The summed E-state index contributed by atoms with van der Waals surface area (Å²) in [6, 6.07) is 10.4. The van der Waals surface area contributed by atoms with Crippen molar-refractivity contribution in [3.8, 4) is 0 Å². The Labute approximate surface area is 137 Å². The highest BCUT2D eigenvalue weighted by Crippen LogP contribution is 2.41. The van der Waals surface area contributed by atoms with Crippen LogP contribution in [0.1, 0.15) is 23.5 Å². The molecule has 6 nitrogen and oxygen atoms in total. The van der Waals surface area contributed by atoms with Gasteiger partial charge in [-0.05, 0) is 37.1 Å². The zero-order valence-electron chi connectivity index (χ0n) is 13.0. The molecule has 0 spiro atoms. The van der Waals surface area contributed by atoms with Crippen molar-refractivity contribution >= 4 is 17.4 Å². The van der Waals surface area contributed by atoms with Crippen molar-refractivity contribution < 1.29 is 14.1 Å². The van der Waals surface area contributed by atoms with Gasteiger partial charge in [-0.3, -0.25) is 10.1 Å². The molecule has 0 aliphatic heterocycles. The highest BCUT2D eigenvalue weighted by Gasteiger charge is 2.39. The first-order valence-corrected chi connectivity index (χ1v) is 7.52. The number of anilines is 1. The lowest BCUT2D eigenvalue weighted by Crippen LogP contribution is -2.31. The summed E-state index contributed by atoms with van der Waals surface area (Å²) in [5, 5.41) is 16.4. The van der Waals surface area contributed by atoms with E-state index in [2.05, 4.69) is 10.6 Å². The van der Waals surface area contributed by atoms with Crippen LogP contribution in [0.15, 0.2) is 42.5 Å². The molecule has 124 valence electrons. The quantitative estimate of drug-likeness (QED) is 0.662. The Morgan fingerprint density at radius 2 is 2.04 bits per heavy atom. The molecule has 0 heterocycles. The van der Waals surface area contributed by atoms with Crippen LogP contribution in [0.4, 0.5) is 20.6 Å². The fraction of sp³-hybridized carbons (Fsp3) is 0.235. The van der Waals surface area contributed by atoms with Gasteiger partial charge < -0.3 is 10.6 Å². The predicted molar refractivity (Wildman–Crippen MR) is 87.5 cm³/mol. The van der Waals surface area contributed by atoms with Gasteiger partial charge in [0.15, 0.2) is 0 Å². The molecule has 3 rings (SSSR count). The van der Waals surface area contributed by atoms with Gasteiger partial charge in [-0.15, -0.1) is 0 Å². The predicted octanol–water partition coefficient (Wildman–Crippen LogP) is 3.72. The van der Waals surface area contributed by atoms with Crippen molar-refractivity contribution in [1.82, 2.24) is 5.32 Å². The second-order valence-corrected chi connectivity index (χ2v) is 5.81. The van der Waals surface area contributed by atoms with Crippen LogP contribution in [0, 0.1) is 22.9 Å². The van der Waals surface area contributed by atoms with Gasteiger partial charge in [0, 0.05) is 18.0 Å². The smallest absolute Gasteiger partial charge is 0.319 e. The van der Waals surface area contributed by atoms with Gasteiger partial charge in [-0.25, -0.2) is 9.18 Å². The van der Waals surface area contributed by atoms with E-state index in [0.717, 1.165) is 12.0 Å². The molecule has 2 aromatic rings. The Kier molecular flexibility index (Phi) is 4.16. The maximum Gasteiger partial charge on any atom is 0.319 e. The number of benzene rings is 2. The second-order valence-electron chi connectivity index (χ2n) is 5.81. The lowest BCUT2D eigenvalue weighted by molar-refractivity contribution is -0.385. The van der Waals surface area contributed by atoms with E-state index in [1.807, 2.05) is 6.07 Å². The van der Waals surface area contributed by atoms with Crippen LogP contribution in [0.2, 0.25) is 0 Å². The number of nitrogens with zero attached hydrogens (tertiary/aromatic N) is 1. The number of halogens is 1. The topological polar surface area (TPSA) is 84.3 Å². The fourth-order valence-corrected chi connectivity index (χ4v) is 2.74. The SMILES string of the molecule is Cc1c(NC(=O)N[C@H]2C[C@@H]2c2cccc(F)c2)cccc1[N+](=O)[O-]. The average Bonchev–Trinajstić information content (AvgIpc) is 3.28. The van der Waals surface area contributed by atoms with Crippen molar-refractivity contribution in [3.63, 3.8) is 0 Å². The molecule has 0 aromatic heterocycles. The summed E-state index contributed by atoms with van der Waals surface area (Å²) in [6.07, 6.45) is 0.741. The third-order valence-corrected chi connectivity index (χ3v) is 4.13. The number of urea groups is 1. The first-order chi connectivity index (χ1) is 11.5. The average molecular weight is 329 g/mol. The minimum Gasteiger partial charge on any atom is -0.334 e. The number of nitro benzene ring substituents is 1. The normalized spacial score (nSPS) is 18.8. The molecule has 0 bridgehead atoms. The van der Waals surface area contributed by atoms with Crippen molar-refractivity contribution in [2.24, 2.45) is 0 Å². The van der Waals surface area contributed by atoms with Crippen molar-refractivity contribution in [3.05, 3.63) is 69.5 Å². The summed E-state index contributed by atoms with van der Waals surface area (Å²) in [7, 11) is 0. The molecule has 0 radical (unpaired) electrons. The third kappa shape index (κ3) is 3.34. The van der Waals surface area contributed by atoms with Gasteiger partial charge in [-0.1, -0.05) is 18.2 Å². The Morgan fingerprint density at radius 1 is 1.29 bits per heavy atom. The molecule has 0 unspecified atom stereocenters. The lowest BCUT2D eigenvalue weighted by Gasteiger charge is -2.10. The first-order valence-electron chi connectivity index (χ1n) is 7.52. The Morgan fingerprint density at radius 3 is 2.75 bits per heavy atom. The van der Waals surface area contributed by atoms with Crippen LogP contribution in [-0.4, -0.2) is 17.0 Å². The van der Waals surface area contributed by atoms with Gasteiger partial charge in [-0.2, -0.15) is 0 Å². The standard InChI is InChI=1S/C17H16FN3O3/c1-10-14(6-3-7-16(10)21(23)24)19-17(22)20-15-9-13(15)11-4-2-5-12(18)8-11/h2-8,13,15H,9H2,1H3,(H2,19,20,22)/t13-,15+/m1/s1. The highest BCUT2D eigenvalue weighted by atomic mass is 19.1. The Hall–Kier alpha value is -2.96. The van der Waals surface area contributed by atoms with Gasteiger partial charge >= 0.3 is 6.03 Å².